The van der Waals surface area contributed by atoms with Gasteiger partial charge in [0.15, 0.2) is 0 Å². The molecule has 0 aliphatic carbocycles. The quantitative estimate of drug-likeness (QED) is 0.528. The molecule has 0 heterocycles. The molecule has 0 aromatic carbocycles. The summed E-state index contributed by atoms with van der Waals surface area (Å²) in [6, 6.07) is 0. The van der Waals surface area contributed by atoms with E-state index in [1.807, 2.05) is 0 Å². The Labute approximate surface area is 49.3 Å². The van der Waals surface area contributed by atoms with E-state index in [1.54, 1.807) is 0 Å². The average molecular weight is 232 g/mol. The van der Waals surface area contributed by atoms with Crippen LogP contribution in [-0.2, 0) is 10.2 Å². The van der Waals surface area contributed by atoms with Crippen molar-refractivity contribution < 1.29 is 18.4 Å². The SMILES string of the molecule is O=[As](O)O[As](=O)O. The molecule has 2 radical (unpaired) electrons. The van der Waals surface area contributed by atoms with Crippen molar-refractivity contribution >= 4 is 30.5 Å². The monoisotopic (exact) mass is 232 g/mol. The molecule has 0 spiro atoms. The van der Waals surface area contributed by atoms with E-state index in [-0.39, 0.29) is 0 Å². The molecule has 0 rings (SSSR count). The van der Waals surface area contributed by atoms with Gasteiger partial charge in [-0.1, -0.05) is 0 Å². The Balaban J connectivity index is 3.32. The van der Waals surface area contributed by atoms with Gasteiger partial charge in [-0.15, -0.1) is 0 Å². The first kappa shape index (κ1) is 7.60. The second-order valence-electron chi connectivity index (χ2n) is 0.557. The van der Waals surface area contributed by atoms with Crippen molar-refractivity contribution in [3.63, 3.8) is 0 Å². The fourth-order valence-electron chi connectivity index (χ4n) is 0.0598. The van der Waals surface area contributed by atoms with E-state index in [9.17, 15) is 7.48 Å². The van der Waals surface area contributed by atoms with Crippen LogP contribution in [0.25, 0.3) is 0 Å². The Kier molecular flexibility index (Phi) is 3.89. The summed E-state index contributed by atoms with van der Waals surface area (Å²) in [7, 11) is 0. The predicted molar refractivity (Wildman–Crippen MR) is 18.4 cm³/mol. The van der Waals surface area contributed by atoms with Gasteiger partial charge in [0.1, 0.15) is 0 Å². The van der Waals surface area contributed by atoms with Crippen LogP contribution in [0.2, 0.25) is 0 Å². The molecule has 0 aromatic rings. The Morgan fingerprint density at radius 2 is 1.43 bits per heavy atom. The zero-order chi connectivity index (χ0) is 5.86. The molecule has 7 heteroatoms. The summed E-state index contributed by atoms with van der Waals surface area (Å²) in [4.78, 5) is 0. The first-order valence-corrected chi connectivity index (χ1v) is 5.87. The van der Waals surface area contributed by atoms with Gasteiger partial charge in [0.2, 0.25) is 0 Å². The molecular formula is H2As2O5. The molecule has 2 N–H and O–H groups in total. The maximum atomic E-state index is 9.49. The van der Waals surface area contributed by atoms with Crippen LogP contribution in [0.1, 0.15) is 0 Å². The fourth-order valence-corrected chi connectivity index (χ4v) is 1.61. The molecule has 0 aromatic heterocycles. The van der Waals surface area contributed by atoms with Gasteiger partial charge in [-0.2, -0.15) is 0 Å². The summed E-state index contributed by atoms with van der Waals surface area (Å²) >= 11 is -7.06. The Bertz CT molecular complexity index is 82.3. The molecular weight excluding hydrogens is 230 g/mol. The normalized spacial score (nSPS) is 13.4. The first-order valence-electron chi connectivity index (χ1n) is 1.13. The fraction of sp³-hybridized carbons (Fsp3) is 0. The van der Waals surface area contributed by atoms with Gasteiger partial charge in [-0.25, -0.2) is 0 Å². The summed E-state index contributed by atoms with van der Waals surface area (Å²) in [5.41, 5.74) is 0. The van der Waals surface area contributed by atoms with E-state index < -0.39 is 30.5 Å². The minimum absolute atomic E-state index is 3.53. The van der Waals surface area contributed by atoms with Crippen LogP contribution in [0.3, 0.4) is 0 Å². The molecule has 0 unspecified atom stereocenters. The van der Waals surface area contributed by atoms with Crippen LogP contribution in [-0.4, -0.2) is 38.7 Å². The third-order valence-corrected chi connectivity index (χ3v) is 3.77. The Morgan fingerprint density at radius 1 is 1.14 bits per heavy atom. The van der Waals surface area contributed by atoms with Crippen LogP contribution >= 0.6 is 0 Å². The van der Waals surface area contributed by atoms with Crippen molar-refractivity contribution in [3.05, 3.63) is 0 Å². The molecule has 7 heavy (non-hydrogen) atoms. The molecule has 0 fully saturated rings. The van der Waals surface area contributed by atoms with E-state index >= 15 is 0 Å². The summed E-state index contributed by atoms with van der Waals surface area (Å²) in [5.74, 6) is 0. The van der Waals surface area contributed by atoms with Crippen molar-refractivity contribution in [1.29, 1.82) is 0 Å². The number of hydrogen-bond acceptors (Lipinski definition) is 3. The van der Waals surface area contributed by atoms with E-state index in [0.717, 1.165) is 0 Å². The first-order chi connectivity index (χ1) is 3.13. The van der Waals surface area contributed by atoms with E-state index in [2.05, 4.69) is 2.72 Å². The summed E-state index contributed by atoms with van der Waals surface area (Å²) < 4.78 is 38.1. The van der Waals surface area contributed by atoms with Crippen LogP contribution in [0, 0.1) is 0 Å². The van der Waals surface area contributed by atoms with Gasteiger partial charge in [0.05, 0.1) is 0 Å². The molecule has 0 saturated heterocycles. The van der Waals surface area contributed by atoms with Crippen molar-refractivity contribution in [1.82, 2.24) is 0 Å². The maximum absolute atomic E-state index is 9.49. The van der Waals surface area contributed by atoms with E-state index in [4.69, 9.17) is 8.19 Å². The molecule has 5 nitrogen and oxygen atoms in total. The van der Waals surface area contributed by atoms with Crippen LogP contribution in [0.5, 0.6) is 0 Å². The van der Waals surface area contributed by atoms with Gasteiger partial charge in [-0.3, -0.25) is 0 Å². The van der Waals surface area contributed by atoms with Crippen molar-refractivity contribution in [3.8, 4) is 0 Å². The average Bonchev–Trinajstić information content (AvgIpc) is 1.27. The molecule has 0 saturated carbocycles. The number of hydrogen-bond donors (Lipinski definition) is 2. The standard InChI is InChI=1S/As2H2O5/c3-1(4)7-2(5)6/h(H,3,4)(H,5,6). The van der Waals surface area contributed by atoms with E-state index in [0.29, 0.717) is 0 Å². The van der Waals surface area contributed by atoms with Gasteiger partial charge in [0, 0.05) is 0 Å². The summed E-state index contributed by atoms with van der Waals surface area (Å²) in [5, 5.41) is 0. The van der Waals surface area contributed by atoms with E-state index in [1.165, 1.54) is 0 Å². The van der Waals surface area contributed by atoms with Gasteiger partial charge < -0.3 is 0 Å². The summed E-state index contributed by atoms with van der Waals surface area (Å²) in [6.45, 7) is 0. The second-order valence-corrected chi connectivity index (χ2v) is 4.68. The molecule has 0 amide bonds. The Hall–Kier alpha value is 0.597. The molecule has 0 aliphatic rings. The zero-order valence-electron chi connectivity index (χ0n) is 3.01. The zero-order valence-corrected chi connectivity index (χ0v) is 6.77. The van der Waals surface area contributed by atoms with Crippen LogP contribution in [0.4, 0.5) is 0 Å². The minimum atomic E-state index is -3.53. The predicted octanol–water partition coefficient (Wildman–Crippen LogP) is -2.18. The summed E-state index contributed by atoms with van der Waals surface area (Å²) in [6.07, 6.45) is 0. The van der Waals surface area contributed by atoms with Crippen molar-refractivity contribution in [2.75, 3.05) is 0 Å². The third kappa shape index (κ3) is 6.60. The van der Waals surface area contributed by atoms with Crippen LogP contribution in [0.15, 0.2) is 0 Å². The topological polar surface area (TPSA) is 83.8 Å². The second kappa shape index (κ2) is 3.58. The van der Waals surface area contributed by atoms with Gasteiger partial charge >= 0.3 is 48.9 Å². The van der Waals surface area contributed by atoms with Crippen molar-refractivity contribution in [2.24, 2.45) is 0 Å². The van der Waals surface area contributed by atoms with Gasteiger partial charge in [-0.05, 0) is 0 Å². The molecule has 42 valence electrons. The molecule has 0 aliphatic heterocycles. The van der Waals surface area contributed by atoms with Gasteiger partial charge in [0.25, 0.3) is 0 Å². The number of rotatable bonds is 2. The van der Waals surface area contributed by atoms with Crippen molar-refractivity contribution in [2.45, 2.75) is 0 Å². The Morgan fingerprint density at radius 3 is 1.43 bits per heavy atom. The molecule has 0 atom stereocenters. The van der Waals surface area contributed by atoms with Crippen LogP contribution < -0.4 is 0 Å². The third-order valence-electron chi connectivity index (χ3n) is 0.140. The molecule has 0 bridgehead atoms.